The lowest BCUT2D eigenvalue weighted by atomic mass is 9.88. The molecule has 2 nitrogen and oxygen atoms in total. The average molecular weight is 255 g/mol. The second-order valence-corrected chi connectivity index (χ2v) is 5.03. The van der Waals surface area contributed by atoms with Crippen LogP contribution in [0.4, 0.5) is 0 Å². The molecule has 0 unspecified atom stereocenters. The van der Waals surface area contributed by atoms with Crippen LogP contribution < -0.4 is 5.32 Å². The molecule has 2 heteroatoms. The van der Waals surface area contributed by atoms with Crippen LogP contribution in [0.3, 0.4) is 0 Å². The van der Waals surface area contributed by atoms with Crippen molar-refractivity contribution >= 4 is 5.91 Å². The second kappa shape index (κ2) is 6.37. The van der Waals surface area contributed by atoms with Crippen molar-refractivity contribution in [1.82, 2.24) is 5.32 Å². The average Bonchev–Trinajstić information content (AvgIpc) is 2.90. The third-order valence-electron chi connectivity index (χ3n) is 3.70. The molecule has 0 radical (unpaired) electrons. The zero-order valence-electron chi connectivity index (χ0n) is 11.4. The van der Waals surface area contributed by atoms with Gasteiger partial charge in [0.2, 0.25) is 5.91 Å². The summed E-state index contributed by atoms with van der Waals surface area (Å²) >= 11 is 0. The van der Waals surface area contributed by atoms with Crippen LogP contribution in [0.15, 0.2) is 54.6 Å². The van der Waals surface area contributed by atoms with E-state index in [1.54, 1.807) is 12.2 Å². The molecule has 0 spiro atoms. The van der Waals surface area contributed by atoms with Crippen molar-refractivity contribution in [3.05, 3.63) is 60.2 Å². The molecule has 1 aromatic rings. The van der Waals surface area contributed by atoms with Gasteiger partial charge in [-0.25, -0.2) is 0 Å². The molecule has 0 aromatic heterocycles. The van der Waals surface area contributed by atoms with Crippen LogP contribution in [-0.2, 0) is 10.3 Å². The van der Waals surface area contributed by atoms with E-state index in [9.17, 15) is 4.79 Å². The highest BCUT2D eigenvalue weighted by Gasteiger charge is 2.36. The molecule has 1 aliphatic rings. The number of carbonyl (C=O) groups is 1. The highest BCUT2D eigenvalue weighted by Crippen LogP contribution is 2.38. The minimum Gasteiger partial charge on any atom is -0.343 e. The summed E-state index contributed by atoms with van der Waals surface area (Å²) in [7, 11) is 0. The number of amides is 1. The lowest BCUT2D eigenvalue weighted by molar-refractivity contribution is -0.118. The Bertz CT molecular complexity index is 467. The SMILES string of the molecule is C/C=C/C=C/C(=O)NC1(c2ccccc2)CCCC1. The molecule has 100 valence electrons. The predicted molar refractivity (Wildman–Crippen MR) is 78.7 cm³/mol. The number of benzene rings is 1. The van der Waals surface area contributed by atoms with E-state index in [0.717, 1.165) is 12.8 Å². The van der Waals surface area contributed by atoms with Crippen LogP contribution in [0.2, 0.25) is 0 Å². The number of hydrogen-bond donors (Lipinski definition) is 1. The van der Waals surface area contributed by atoms with Crippen molar-refractivity contribution in [3.63, 3.8) is 0 Å². The minimum absolute atomic E-state index is 0.0103. The molecule has 1 amide bonds. The minimum atomic E-state index is -0.168. The number of rotatable bonds is 4. The fraction of sp³-hybridized carbons (Fsp3) is 0.353. The monoisotopic (exact) mass is 255 g/mol. The normalized spacial score (nSPS) is 18.2. The topological polar surface area (TPSA) is 29.1 Å². The molecule has 0 bridgehead atoms. The lowest BCUT2D eigenvalue weighted by Gasteiger charge is -2.30. The summed E-state index contributed by atoms with van der Waals surface area (Å²) in [6, 6.07) is 10.3. The summed E-state index contributed by atoms with van der Waals surface area (Å²) in [5.41, 5.74) is 1.05. The van der Waals surface area contributed by atoms with Crippen LogP contribution in [-0.4, -0.2) is 5.91 Å². The zero-order chi connectivity index (χ0) is 13.6. The molecule has 0 heterocycles. The first kappa shape index (κ1) is 13.6. The highest BCUT2D eigenvalue weighted by molar-refractivity contribution is 5.88. The Morgan fingerprint density at radius 3 is 2.47 bits per heavy atom. The molecule has 1 aliphatic carbocycles. The molecule has 1 N–H and O–H groups in total. The van der Waals surface area contributed by atoms with Crippen LogP contribution in [0.25, 0.3) is 0 Å². The molecular weight excluding hydrogens is 234 g/mol. The van der Waals surface area contributed by atoms with Crippen LogP contribution in [0.1, 0.15) is 38.2 Å². The van der Waals surface area contributed by atoms with E-state index in [2.05, 4.69) is 17.4 Å². The van der Waals surface area contributed by atoms with Gasteiger partial charge in [-0.2, -0.15) is 0 Å². The van der Waals surface area contributed by atoms with E-state index in [4.69, 9.17) is 0 Å². The summed E-state index contributed by atoms with van der Waals surface area (Å²) in [6.45, 7) is 1.94. The number of allylic oxidation sites excluding steroid dienone is 3. The van der Waals surface area contributed by atoms with Crippen LogP contribution >= 0.6 is 0 Å². The van der Waals surface area contributed by atoms with Crippen molar-refractivity contribution in [1.29, 1.82) is 0 Å². The Balaban J connectivity index is 2.15. The van der Waals surface area contributed by atoms with Crippen LogP contribution in [0.5, 0.6) is 0 Å². The molecule has 1 fully saturated rings. The van der Waals surface area contributed by atoms with Gasteiger partial charge in [-0.05, 0) is 25.3 Å². The summed E-state index contributed by atoms with van der Waals surface area (Å²) in [5.74, 6) is -0.0103. The van der Waals surface area contributed by atoms with Gasteiger partial charge in [-0.1, -0.05) is 61.4 Å². The molecule has 19 heavy (non-hydrogen) atoms. The van der Waals surface area contributed by atoms with Gasteiger partial charge >= 0.3 is 0 Å². The van der Waals surface area contributed by atoms with Crippen molar-refractivity contribution < 1.29 is 4.79 Å². The van der Waals surface area contributed by atoms with Gasteiger partial charge in [-0.3, -0.25) is 4.79 Å². The van der Waals surface area contributed by atoms with E-state index in [1.807, 2.05) is 37.3 Å². The Labute approximate surface area is 115 Å². The van der Waals surface area contributed by atoms with Crippen molar-refractivity contribution in [2.75, 3.05) is 0 Å². The lowest BCUT2D eigenvalue weighted by Crippen LogP contribution is -2.43. The molecule has 0 atom stereocenters. The van der Waals surface area contributed by atoms with Crippen molar-refractivity contribution in [2.45, 2.75) is 38.1 Å². The quantitative estimate of drug-likeness (QED) is 0.645. The van der Waals surface area contributed by atoms with Gasteiger partial charge in [-0.15, -0.1) is 0 Å². The standard InChI is InChI=1S/C17H21NO/c1-2-3-5-12-16(19)18-17(13-8-9-14-17)15-10-6-4-7-11-15/h2-7,10-12H,8-9,13-14H2,1H3,(H,18,19)/b3-2+,12-5+. The Morgan fingerprint density at radius 2 is 1.84 bits per heavy atom. The van der Waals surface area contributed by atoms with Gasteiger partial charge in [0.1, 0.15) is 0 Å². The van der Waals surface area contributed by atoms with E-state index in [1.165, 1.54) is 18.4 Å². The van der Waals surface area contributed by atoms with Gasteiger partial charge < -0.3 is 5.32 Å². The first-order valence-electron chi connectivity index (χ1n) is 6.94. The number of hydrogen-bond acceptors (Lipinski definition) is 1. The van der Waals surface area contributed by atoms with E-state index < -0.39 is 0 Å². The second-order valence-electron chi connectivity index (χ2n) is 5.03. The first-order chi connectivity index (χ1) is 9.27. The molecule has 2 rings (SSSR count). The van der Waals surface area contributed by atoms with Crippen molar-refractivity contribution in [3.8, 4) is 0 Å². The molecule has 0 saturated heterocycles. The van der Waals surface area contributed by atoms with Crippen LogP contribution in [0, 0.1) is 0 Å². The number of nitrogens with one attached hydrogen (secondary N) is 1. The largest absolute Gasteiger partial charge is 0.343 e. The Hall–Kier alpha value is -1.83. The van der Waals surface area contributed by atoms with Gasteiger partial charge in [0.25, 0.3) is 0 Å². The van der Waals surface area contributed by atoms with E-state index >= 15 is 0 Å². The summed E-state index contributed by atoms with van der Waals surface area (Å²) in [6.07, 6.45) is 11.6. The highest BCUT2D eigenvalue weighted by atomic mass is 16.1. The molecular formula is C17H21NO. The fourth-order valence-corrected chi connectivity index (χ4v) is 2.75. The molecule has 0 aliphatic heterocycles. The van der Waals surface area contributed by atoms with E-state index in [0.29, 0.717) is 0 Å². The first-order valence-corrected chi connectivity index (χ1v) is 6.94. The maximum absolute atomic E-state index is 12.0. The summed E-state index contributed by atoms with van der Waals surface area (Å²) in [5, 5.41) is 3.21. The van der Waals surface area contributed by atoms with E-state index in [-0.39, 0.29) is 11.4 Å². The number of carbonyl (C=O) groups excluding carboxylic acids is 1. The molecule has 1 aromatic carbocycles. The van der Waals surface area contributed by atoms with Gasteiger partial charge in [0.15, 0.2) is 0 Å². The third-order valence-corrected chi connectivity index (χ3v) is 3.70. The maximum atomic E-state index is 12.0. The maximum Gasteiger partial charge on any atom is 0.244 e. The smallest absolute Gasteiger partial charge is 0.244 e. The Kier molecular flexibility index (Phi) is 4.56. The summed E-state index contributed by atoms with van der Waals surface area (Å²) < 4.78 is 0. The van der Waals surface area contributed by atoms with Gasteiger partial charge in [0.05, 0.1) is 5.54 Å². The van der Waals surface area contributed by atoms with Crippen molar-refractivity contribution in [2.24, 2.45) is 0 Å². The third kappa shape index (κ3) is 3.34. The summed E-state index contributed by atoms with van der Waals surface area (Å²) in [4.78, 5) is 12.0. The van der Waals surface area contributed by atoms with Gasteiger partial charge in [0, 0.05) is 6.08 Å². The predicted octanol–water partition coefficient (Wildman–Crippen LogP) is 3.70. The Morgan fingerprint density at radius 1 is 1.16 bits per heavy atom. The zero-order valence-corrected chi connectivity index (χ0v) is 11.4. The fourth-order valence-electron chi connectivity index (χ4n) is 2.75. The molecule has 1 saturated carbocycles.